The van der Waals surface area contributed by atoms with Gasteiger partial charge in [0.2, 0.25) is 23.6 Å². The van der Waals surface area contributed by atoms with Crippen molar-refractivity contribution in [2.24, 2.45) is 5.92 Å². The van der Waals surface area contributed by atoms with E-state index >= 15 is 0 Å². The van der Waals surface area contributed by atoms with Gasteiger partial charge in [-0.25, -0.2) is 0 Å². The molecule has 37 heavy (non-hydrogen) atoms. The van der Waals surface area contributed by atoms with Gasteiger partial charge in [0, 0.05) is 19.3 Å². The molecule has 0 aromatic rings. The number of carboxylic acids is 2. The van der Waals surface area contributed by atoms with Crippen molar-refractivity contribution in [1.82, 2.24) is 21.3 Å². The van der Waals surface area contributed by atoms with E-state index in [1.165, 1.54) is 6.92 Å². The number of amides is 4. The van der Waals surface area contributed by atoms with Gasteiger partial charge in [-0.3, -0.25) is 38.4 Å². The molecule has 0 radical (unpaired) electrons. The molecule has 14 nitrogen and oxygen atoms in total. The molecule has 0 aliphatic carbocycles. The molecule has 4 amide bonds. The van der Waals surface area contributed by atoms with E-state index in [1.807, 2.05) is 0 Å². The number of rotatable bonds is 20. The van der Waals surface area contributed by atoms with Crippen LogP contribution >= 0.6 is 0 Å². The lowest BCUT2D eigenvalue weighted by Crippen LogP contribution is -2.43. The number of ketones is 2. The average Bonchev–Trinajstić information content (AvgIpc) is 2.83. The largest absolute Gasteiger partial charge is 0.481 e. The summed E-state index contributed by atoms with van der Waals surface area (Å²) in [4.78, 5) is 92.3. The summed E-state index contributed by atoms with van der Waals surface area (Å²) >= 11 is 0. The molecule has 0 aromatic carbocycles. The Kier molecular flexibility index (Phi) is 16.5. The summed E-state index contributed by atoms with van der Waals surface area (Å²) in [5.41, 5.74) is 0. The zero-order valence-electron chi connectivity index (χ0n) is 21.1. The third kappa shape index (κ3) is 16.5. The van der Waals surface area contributed by atoms with Gasteiger partial charge in [-0.05, 0) is 13.3 Å². The van der Waals surface area contributed by atoms with Crippen molar-refractivity contribution in [1.29, 1.82) is 0 Å². The maximum absolute atomic E-state index is 12.1. The van der Waals surface area contributed by atoms with Crippen LogP contribution in [-0.4, -0.2) is 83.0 Å². The van der Waals surface area contributed by atoms with Crippen LogP contribution in [0.15, 0.2) is 0 Å². The van der Waals surface area contributed by atoms with Crippen LogP contribution in [0.2, 0.25) is 0 Å². The molecule has 0 saturated heterocycles. The standard InChI is InChI=1S/C23H36N4O10/c1-3-4-5-6-7-17(14(2)28)27-19(31)9-8-18(30)25-12-21(33)26-13-20(32)24-11-15(29)10-16(22(34)35)23(36)37/h16-17H,3-13H2,1-2H3,(H,24,32)(H,25,30)(H,26,33)(H,27,31)(H,34,35)(H,36,37). The predicted octanol–water partition coefficient (Wildman–Crippen LogP) is -1.10. The monoisotopic (exact) mass is 528 g/mol. The quantitative estimate of drug-likeness (QED) is 0.0826. The van der Waals surface area contributed by atoms with Gasteiger partial charge in [0.05, 0.1) is 25.7 Å². The van der Waals surface area contributed by atoms with Crippen molar-refractivity contribution in [3.8, 4) is 0 Å². The molecule has 0 aromatic heterocycles. The number of hydrogen-bond acceptors (Lipinski definition) is 8. The second kappa shape index (κ2) is 18.4. The zero-order chi connectivity index (χ0) is 28.4. The molecule has 14 heteroatoms. The first-order valence-electron chi connectivity index (χ1n) is 11.9. The maximum atomic E-state index is 12.1. The van der Waals surface area contributed by atoms with Crippen molar-refractivity contribution >= 4 is 47.1 Å². The molecule has 1 atom stereocenters. The van der Waals surface area contributed by atoms with E-state index in [1.54, 1.807) is 0 Å². The highest BCUT2D eigenvalue weighted by Gasteiger charge is 2.28. The van der Waals surface area contributed by atoms with Crippen molar-refractivity contribution in [2.45, 2.75) is 71.3 Å². The molecule has 0 aliphatic rings. The van der Waals surface area contributed by atoms with Gasteiger partial charge >= 0.3 is 11.9 Å². The fourth-order valence-electron chi connectivity index (χ4n) is 2.99. The molecule has 0 spiro atoms. The fourth-order valence-corrected chi connectivity index (χ4v) is 2.99. The van der Waals surface area contributed by atoms with Crippen LogP contribution in [-0.2, 0) is 38.4 Å². The Morgan fingerprint density at radius 1 is 0.676 bits per heavy atom. The minimum Gasteiger partial charge on any atom is -0.481 e. The van der Waals surface area contributed by atoms with Crippen LogP contribution in [0.5, 0.6) is 0 Å². The van der Waals surface area contributed by atoms with Gasteiger partial charge in [0.1, 0.15) is 0 Å². The number of Topliss-reactive ketones (excluding diaryl/α,β-unsaturated/α-hetero) is 2. The summed E-state index contributed by atoms with van der Waals surface area (Å²) in [5.74, 6) is -8.83. The number of nitrogens with one attached hydrogen (secondary N) is 4. The minimum atomic E-state index is -1.93. The summed E-state index contributed by atoms with van der Waals surface area (Å²) in [6, 6.07) is -0.601. The number of carboxylic acid groups (broad SMARTS) is 2. The highest BCUT2D eigenvalue weighted by Crippen LogP contribution is 2.07. The number of hydrogen-bond donors (Lipinski definition) is 6. The van der Waals surface area contributed by atoms with Gasteiger partial charge < -0.3 is 31.5 Å². The second-order valence-electron chi connectivity index (χ2n) is 8.38. The average molecular weight is 529 g/mol. The molecule has 0 aliphatic heterocycles. The van der Waals surface area contributed by atoms with E-state index in [0.29, 0.717) is 6.42 Å². The Morgan fingerprint density at radius 2 is 1.19 bits per heavy atom. The van der Waals surface area contributed by atoms with Gasteiger partial charge in [0.15, 0.2) is 17.5 Å². The van der Waals surface area contributed by atoms with Gasteiger partial charge in [-0.15, -0.1) is 0 Å². The first-order chi connectivity index (χ1) is 17.4. The predicted molar refractivity (Wildman–Crippen MR) is 128 cm³/mol. The smallest absolute Gasteiger partial charge is 0.318 e. The molecule has 0 rings (SSSR count). The molecule has 0 fully saturated rings. The SMILES string of the molecule is CCCCCCC(NC(=O)CCC(=O)NCC(=O)NCC(=O)NCC(=O)CC(C(=O)O)C(=O)O)C(C)=O. The Hall–Kier alpha value is -3.84. The van der Waals surface area contributed by atoms with E-state index < -0.39 is 79.4 Å². The Bertz CT molecular complexity index is 844. The van der Waals surface area contributed by atoms with Crippen LogP contribution in [0.1, 0.15) is 65.2 Å². The lowest BCUT2D eigenvalue weighted by atomic mass is 10.0. The summed E-state index contributed by atoms with van der Waals surface area (Å²) in [7, 11) is 0. The number of carbonyl (C=O) groups excluding carboxylic acids is 6. The summed E-state index contributed by atoms with van der Waals surface area (Å²) in [5, 5.41) is 26.7. The first kappa shape index (κ1) is 33.2. The number of aliphatic carboxylic acids is 2. The Morgan fingerprint density at radius 3 is 1.70 bits per heavy atom. The normalized spacial score (nSPS) is 11.2. The molecule has 6 N–H and O–H groups in total. The van der Waals surface area contributed by atoms with Crippen molar-refractivity contribution in [3.05, 3.63) is 0 Å². The molecule has 208 valence electrons. The summed E-state index contributed by atoms with van der Waals surface area (Å²) in [6.07, 6.45) is 3.18. The van der Waals surface area contributed by atoms with Crippen LogP contribution in [0.3, 0.4) is 0 Å². The van der Waals surface area contributed by atoms with E-state index in [-0.39, 0.29) is 18.6 Å². The third-order valence-electron chi connectivity index (χ3n) is 5.15. The molecular formula is C23H36N4O10. The summed E-state index contributed by atoms with van der Waals surface area (Å²) in [6.45, 7) is 1.82. The van der Waals surface area contributed by atoms with Crippen LogP contribution in [0.25, 0.3) is 0 Å². The van der Waals surface area contributed by atoms with Crippen molar-refractivity contribution < 1.29 is 48.6 Å². The lowest BCUT2D eigenvalue weighted by molar-refractivity contribution is -0.156. The van der Waals surface area contributed by atoms with E-state index in [4.69, 9.17) is 10.2 Å². The second-order valence-corrected chi connectivity index (χ2v) is 8.38. The summed E-state index contributed by atoms with van der Waals surface area (Å²) < 4.78 is 0. The topological polar surface area (TPSA) is 225 Å². The van der Waals surface area contributed by atoms with E-state index in [9.17, 15) is 38.4 Å². The van der Waals surface area contributed by atoms with Crippen molar-refractivity contribution in [3.63, 3.8) is 0 Å². The van der Waals surface area contributed by atoms with E-state index in [0.717, 1.165) is 25.7 Å². The van der Waals surface area contributed by atoms with Crippen LogP contribution in [0, 0.1) is 5.92 Å². The Balaban J connectivity index is 4.18. The van der Waals surface area contributed by atoms with Crippen molar-refractivity contribution in [2.75, 3.05) is 19.6 Å². The van der Waals surface area contributed by atoms with Crippen LogP contribution < -0.4 is 21.3 Å². The maximum Gasteiger partial charge on any atom is 0.318 e. The molecular weight excluding hydrogens is 492 g/mol. The highest BCUT2D eigenvalue weighted by atomic mass is 16.4. The number of unbranched alkanes of at least 4 members (excludes halogenated alkanes) is 3. The van der Waals surface area contributed by atoms with Crippen LogP contribution in [0.4, 0.5) is 0 Å². The van der Waals surface area contributed by atoms with E-state index in [2.05, 4.69) is 28.2 Å². The molecule has 0 bridgehead atoms. The number of carbonyl (C=O) groups is 8. The lowest BCUT2D eigenvalue weighted by Gasteiger charge is -2.15. The Labute approximate surface area is 214 Å². The fraction of sp³-hybridized carbons (Fsp3) is 0.652. The zero-order valence-corrected chi connectivity index (χ0v) is 21.1. The minimum absolute atomic E-state index is 0.163. The first-order valence-corrected chi connectivity index (χ1v) is 11.9. The molecule has 1 unspecified atom stereocenters. The van der Waals surface area contributed by atoms with Gasteiger partial charge in [0.25, 0.3) is 0 Å². The molecule has 0 saturated carbocycles. The van der Waals surface area contributed by atoms with Gasteiger partial charge in [-0.2, -0.15) is 0 Å². The third-order valence-corrected chi connectivity index (χ3v) is 5.15. The molecule has 0 heterocycles. The van der Waals surface area contributed by atoms with Gasteiger partial charge in [-0.1, -0.05) is 32.6 Å². The highest BCUT2D eigenvalue weighted by molar-refractivity contribution is 5.99.